The molecular formula is C13H20BrNO2. The third-order valence-electron chi connectivity index (χ3n) is 3.92. The smallest absolute Gasteiger partial charge is 0.169 e. The first kappa shape index (κ1) is 13.1. The van der Waals surface area contributed by atoms with Crippen molar-refractivity contribution in [1.29, 1.82) is 0 Å². The summed E-state index contributed by atoms with van der Waals surface area (Å²) in [5.74, 6) is 1.93. The zero-order valence-corrected chi connectivity index (χ0v) is 12.3. The topological polar surface area (TPSA) is 34.4 Å². The molecule has 5 unspecified atom stereocenters. The summed E-state index contributed by atoms with van der Waals surface area (Å²) in [6.45, 7) is 6.54. The lowest BCUT2D eigenvalue weighted by Crippen LogP contribution is -2.32. The van der Waals surface area contributed by atoms with E-state index in [9.17, 15) is 0 Å². The first-order chi connectivity index (χ1) is 8.04. The fourth-order valence-corrected chi connectivity index (χ4v) is 3.21. The Morgan fingerprint density at radius 1 is 1.24 bits per heavy atom. The largest absolute Gasteiger partial charge is 0.453 e. The summed E-state index contributed by atoms with van der Waals surface area (Å²) in [7, 11) is 1.98. The van der Waals surface area contributed by atoms with Crippen molar-refractivity contribution in [3.8, 4) is 0 Å². The lowest BCUT2D eigenvalue weighted by molar-refractivity contribution is 0.0468. The number of hydrogen-bond donors (Lipinski definition) is 1. The van der Waals surface area contributed by atoms with Crippen molar-refractivity contribution in [3.05, 3.63) is 22.6 Å². The molecule has 0 aromatic carbocycles. The fourth-order valence-electron chi connectivity index (χ4n) is 2.89. The summed E-state index contributed by atoms with van der Waals surface area (Å²) < 4.78 is 12.4. The van der Waals surface area contributed by atoms with Gasteiger partial charge in [0.15, 0.2) is 4.67 Å². The SMILES string of the molecule is CNC(c1ccc(Br)o1)C1C(C)OC(C)C1C. The van der Waals surface area contributed by atoms with E-state index in [1.165, 1.54) is 0 Å². The minimum Gasteiger partial charge on any atom is -0.453 e. The van der Waals surface area contributed by atoms with Crippen LogP contribution < -0.4 is 5.32 Å². The molecule has 1 N–H and O–H groups in total. The first-order valence-electron chi connectivity index (χ1n) is 6.12. The number of hydrogen-bond acceptors (Lipinski definition) is 3. The zero-order chi connectivity index (χ0) is 12.6. The van der Waals surface area contributed by atoms with E-state index in [2.05, 4.69) is 42.0 Å². The average Bonchev–Trinajstić information content (AvgIpc) is 2.79. The molecule has 17 heavy (non-hydrogen) atoms. The molecule has 1 aromatic rings. The average molecular weight is 302 g/mol. The maximum absolute atomic E-state index is 5.90. The van der Waals surface area contributed by atoms with Gasteiger partial charge in [0.05, 0.1) is 18.2 Å². The summed E-state index contributed by atoms with van der Waals surface area (Å²) in [5.41, 5.74) is 0. The highest BCUT2D eigenvalue weighted by Crippen LogP contribution is 2.41. The van der Waals surface area contributed by atoms with Gasteiger partial charge in [-0.1, -0.05) is 6.92 Å². The quantitative estimate of drug-likeness (QED) is 0.929. The van der Waals surface area contributed by atoms with Gasteiger partial charge in [-0.3, -0.25) is 0 Å². The van der Waals surface area contributed by atoms with Crippen LogP contribution in [0.25, 0.3) is 0 Å². The Balaban J connectivity index is 2.24. The molecule has 0 spiro atoms. The molecule has 0 radical (unpaired) electrons. The van der Waals surface area contributed by atoms with E-state index in [1.807, 2.05) is 19.2 Å². The maximum atomic E-state index is 5.90. The standard InChI is InChI=1S/C13H20BrNO2/c1-7-8(2)16-9(3)12(7)13(15-4)10-5-6-11(14)17-10/h5-9,12-13,15H,1-4H3. The van der Waals surface area contributed by atoms with Crippen molar-refractivity contribution in [2.45, 2.75) is 39.0 Å². The Hall–Kier alpha value is -0.320. The highest BCUT2D eigenvalue weighted by atomic mass is 79.9. The van der Waals surface area contributed by atoms with E-state index in [4.69, 9.17) is 9.15 Å². The molecule has 96 valence electrons. The van der Waals surface area contributed by atoms with Crippen molar-refractivity contribution in [2.75, 3.05) is 7.05 Å². The van der Waals surface area contributed by atoms with Crippen LogP contribution in [0.1, 0.15) is 32.6 Å². The van der Waals surface area contributed by atoms with Gasteiger partial charge in [-0.25, -0.2) is 0 Å². The molecule has 1 fully saturated rings. The molecule has 4 heteroatoms. The van der Waals surface area contributed by atoms with Crippen molar-refractivity contribution < 1.29 is 9.15 Å². The van der Waals surface area contributed by atoms with Gasteiger partial charge in [-0.2, -0.15) is 0 Å². The van der Waals surface area contributed by atoms with Gasteiger partial charge in [-0.15, -0.1) is 0 Å². The summed E-state index contributed by atoms with van der Waals surface area (Å²) >= 11 is 3.35. The van der Waals surface area contributed by atoms with E-state index in [-0.39, 0.29) is 12.1 Å². The molecule has 1 aliphatic rings. The minimum atomic E-state index is 0.205. The predicted molar refractivity (Wildman–Crippen MR) is 70.9 cm³/mol. The molecule has 1 aliphatic heterocycles. The first-order valence-corrected chi connectivity index (χ1v) is 6.92. The molecule has 0 amide bonds. The normalized spacial score (nSPS) is 35.1. The van der Waals surface area contributed by atoms with Crippen LogP contribution in [0.3, 0.4) is 0 Å². The van der Waals surface area contributed by atoms with E-state index < -0.39 is 0 Å². The van der Waals surface area contributed by atoms with Crippen LogP contribution in [0.15, 0.2) is 21.2 Å². The van der Waals surface area contributed by atoms with Gasteiger partial charge in [-0.05, 0) is 54.9 Å². The Bertz CT molecular complexity index is 379. The van der Waals surface area contributed by atoms with Gasteiger partial charge in [0.25, 0.3) is 0 Å². The Morgan fingerprint density at radius 3 is 2.35 bits per heavy atom. The molecule has 2 heterocycles. The van der Waals surface area contributed by atoms with Crippen LogP contribution in [0, 0.1) is 11.8 Å². The summed E-state index contributed by atoms with van der Waals surface area (Å²) in [6.07, 6.45) is 0.561. The lowest BCUT2D eigenvalue weighted by Gasteiger charge is -2.27. The summed E-state index contributed by atoms with van der Waals surface area (Å²) in [6, 6.07) is 4.17. The molecule has 3 nitrogen and oxygen atoms in total. The van der Waals surface area contributed by atoms with E-state index in [1.54, 1.807) is 0 Å². The van der Waals surface area contributed by atoms with Crippen LogP contribution >= 0.6 is 15.9 Å². The van der Waals surface area contributed by atoms with Crippen LogP contribution in [0.4, 0.5) is 0 Å². The number of halogens is 1. The van der Waals surface area contributed by atoms with Crippen molar-refractivity contribution >= 4 is 15.9 Å². The molecule has 0 bridgehead atoms. The van der Waals surface area contributed by atoms with Gasteiger partial charge >= 0.3 is 0 Å². The fraction of sp³-hybridized carbons (Fsp3) is 0.692. The predicted octanol–water partition coefficient (Wildman–Crippen LogP) is 3.36. The van der Waals surface area contributed by atoms with Gasteiger partial charge < -0.3 is 14.5 Å². The zero-order valence-electron chi connectivity index (χ0n) is 10.7. The van der Waals surface area contributed by atoms with Crippen molar-refractivity contribution in [2.24, 2.45) is 11.8 Å². The van der Waals surface area contributed by atoms with E-state index in [0.29, 0.717) is 17.9 Å². The monoisotopic (exact) mass is 301 g/mol. The summed E-state index contributed by atoms with van der Waals surface area (Å²) in [5, 5.41) is 3.36. The van der Waals surface area contributed by atoms with Crippen molar-refractivity contribution in [1.82, 2.24) is 5.32 Å². The maximum Gasteiger partial charge on any atom is 0.169 e. The van der Waals surface area contributed by atoms with Crippen LogP contribution in [-0.4, -0.2) is 19.3 Å². The van der Waals surface area contributed by atoms with Crippen LogP contribution in [0.2, 0.25) is 0 Å². The molecule has 2 rings (SSSR count). The van der Waals surface area contributed by atoms with Gasteiger partial charge in [0, 0.05) is 5.92 Å². The molecule has 1 aromatic heterocycles. The molecule has 0 saturated carbocycles. The highest BCUT2D eigenvalue weighted by Gasteiger charge is 2.42. The Labute approximate surface area is 111 Å². The van der Waals surface area contributed by atoms with Gasteiger partial charge in [0.2, 0.25) is 0 Å². The van der Waals surface area contributed by atoms with Crippen LogP contribution in [0.5, 0.6) is 0 Å². The van der Waals surface area contributed by atoms with Crippen LogP contribution in [-0.2, 0) is 4.74 Å². The van der Waals surface area contributed by atoms with E-state index in [0.717, 1.165) is 10.4 Å². The number of ether oxygens (including phenoxy) is 1. The molecule has 5 atom stereocenters. The van der Waals surface area contributed by atoms with Gasteiger partial charge in [0.1, 0.15) is 5.76 Å². The highest BCUT2D eigenvalue weighted by molar-refractivity contribution is 9.10. The third-order valence-corrected chi connectivity index (χ3v) is 4.34. The van der Waals surface area contributed by atoms with Crippen molar-refractivity contribution in [3.63, 3.8) is 0 Å². The minimum absolute atomic E-state index is 0.205. The number of rotatable bonds is 3. The Kier molecular flexibility index (Phi) is 3.95. The Morgan fingerprint density at radius 2 is 1.94 bits per heavy atom. The second kappa shape index (κ2) is 5.12. The second-order valence-electron chi connectivity index (χ2n) is 4.89. The number of furan rings is 1. The second-order valence-corrected chi connectivity index (χ2v) is 5.67. The summed E-state index contributed by atoms with van der Waals surface area (Å²) in [4.78, 5) is 0. The third kappa shape index (κ3) is 2.44. The molecule has 0 aliphatic carbocycles. The lowest BCUT2D eigenvalue weighted by atomic mass is 9.82. The molecule has 1 saturated heterocycles. The number of nitrogens with one attached hydrogen (secondary N) is 1. The van der Waals surface area contributed by atoms with E-state index >= 15 is 0 Å². The molecular weight excluding hydrogens is 282 g/mol.